The summed E-state index contributed by atoms with van der Waals surface area (Å²) in [5.74, 6) is -0.280. The Balaban J connectivity index is 3.03. The van der Waals surface area contributed by atoms with Crippen molar-refractivity contribution in [1.82, 2.24) is 0 Å². The first-order chi connectivity index (χ1) is 19.3. The van der Waals surface area contributed by atoms with Crippen LogP contribution in [0.1, 0.15) is 51.9 Å². The lowest BCUT2D eigenvalue weighted by Gasteiger charge is -2.09. The van der Waals surface area contributed by atoms with Crippen molar-refractivity contribution in [3.05, 3.63) is 0 Å². The molecule has 0 aliphatic heterocycles. The number of carbonyl (C=O) groups is 1. The number of carbonyl (C=O) groups excluding carboxylic acids is 1. The van der Waals surface area contributed by atoms with E-state index in [-0.39, 0.29) is 12.4 Å². The van der Waals surface area contributed by atoms with Gasteiger partial charge in [0.15, 0.2) is 0 Å². The molecule has 0 fully saturated rings. The van der Waals surface area contributed by atoms with Crippen LogP contribution >= 0.6 is 0 Å². The smallest absolute Gasteiger partial charge is 0.307 e. The Morgan fingerprint density at radius 3 is 1.00 bits per heavy atom. The molecular formula is C28H56O11. The van der Waals surface area contributed by atoms with E-state index in [9.17, 15) is 4.79 Å². The average molecular weight is 569 g/mol. The Hall–Kier alpha value is -0.890. The molecule has 0 heterocycles. The highest BCUT2D eigenvalue weighted by Gasteiger charge is 1.99. The lowest BCUT2D eigenvalue weighted by molar-refractivity contribution is -0.141. The van der Waals surface area contributed by atoms with Gasteiger partial charge in [0.2, 0.25) is 0 Å². The number of unbranched alkanes of at least 4 members (excludes halogenated alkanes) is 5. The summed E-state index contributed by atoms with van der Waals surface area (Å²) < 4.78 is 53.5. The summed E-state index contributed by atoms with van der Waals surface area (Å²) >= 11 is 0. The molecule has 0 aliphatic carbocycles. The van der Waals surface area contributed by atoms with Crippen molar-refractivity contribution in [1.29, 1.82) is 0 Å². The van der Waals surface area contributed by atoms with Gasteiger partial charge in [-0.3, -0.25) is 4.79 Å². The zero-order valence-corrected chi connectivity index (χ0v) is 24.7. The standard InChI is InChI=1S/C28H56O11/c1-3-4-5-6-7-8-10-31-12-14-33-16-18-35-20-22-37-24-26-39-27-25-38-23-21-36-19-17-34-15-13-32-11-9-28(29)30-2/h3-27H2,1-2H3. The molecule has 0 amide bonds. The van der Waals surface area contributed by atoms with Crippen LogP contribution < -0.4 is 0 Å². The predicted molar refractivity (Wildman–Crippen MR) is 147 cm³/mol. The van der Waals surface area contributed by atoms with Gasteiger partial charge in [-0.25, -0.2) is 0 Å². The van der Waals surface area contributed by atoms with E-state index < -0.39 is 0 Å². The van der Waals surface area contributed by atoms with Crippen LogP contribution in [-0.2, 0) is 52.2 Å². The number of methoxy groups -OCH3 is 1. The number of hydrogen-bond donors (Lipinski definition) is 0. The second kappa shape index (κ2) is 35.1. The van der Waals surface area contributed by atoms with Crippen molar-refractivity contribution in [2.75, 3.05) is 126 Å². The number of esters is 1. The van der Waals surface area contributed by atoms with Gasteiger partial charge in [-0.2, -0.15) is 0 Å². The maximum Gasteiger partial charge on any atom is 0.307 e. The van der Waals surface area contributed by atoms with E-state index in [0.29, 0.717) is 112 Å². The minimum absolute atomic E-state index is 0.251. The van der Waals surface area contributed by atoms with Crippen molar-refractivity contribution in [3.63, 3.8) is 0 Å². The summed E-state index contributed by atoms with van der Waals surface area (Å²) in [5.41, 5.74) is 0. The maximum absolute atomic E-state index is 10.9. The van der Waals surface area contributed by atoms with E-state index in [1.54, 1.807) is 0 Å². The van der Waals surface area contributed by atoms with Crippen LogP contribution in [0.15, 0.2) is 0 Å². The van der Waals surface area contributed by atoms with Gasteiger partial charge in [-0.15, -0.1) is 0 Å². The largest absolute Gasteiger partial charge is 0.469 e. The Bertz CT molecular complexity index is 469. The van der Waals surface area contributed by atoms with Crippen LogP contribution in [0.2, 0.25) is 0 Å². The van der Waals surface area contributed by atoms with Gasteiger partial charge in [-0.1, -0.05) is 39.0 Å². The fourth-order valence-electron chi connectivity index (χ4n) is 3.10. The molecule has 0 rings (SSSR count). The van der Waals surface area contributed by atoms with E-state index in [0.717, 1.165) is 13.0 Å². The average Bonchev–Trinajstić information content (AvgIpc) is 2.95. The summed E-state index contributed by atoms with van der Waals surface area (Å²) in [6, 6.07) is 0. The van der Waals surface area contributed by atoms with Crippen LogP contribution in [0.5, 0.6) is 0 Å². The Kier molecular flexibility index (Phi) is 34.3. The van der Waals surface area contributed by atoms with Crippen LogP contribution in [0.3, 0.4) is 0 Å². The van der Waals surface area contributed by atoms with Crippen molar-refractivity contribution >= 4 is 5.97 Å². The Morgan fingerprint density at radius 1 is 0.385 bits per heavy atom. The van der Waals surface area contributed by atoms with E-state index >= 15 is 0 Å². The van der Waals surface area contributed by atoms with Crippen molar-refractivity contribution < 1.29 is 52.2 Å². The normalized spacial score (nSPS) is 11.3. The van der Waals surface area contributed by atoms with Gasteiger partial charge in [0.05, 0.1) is 126 Å². The van der Waals surface area contributed by atoms with Gasteiger partial charge in [0.25, 0.3) is 0 Å². The molecule has 234 valence electrons. The number of hydrogen-bond acceptors (Lipinski definition) is 11. The van der Waals surface area contributed by atoms with Gasteiger partial charge in [0.1, 0.15) is 0 Å². The first-order valence-electron chi connectivity index (χ1n) is 14.6. The Labute approximate surface area is 236 Å². The maximum atomic E-state index is 10.9. The monoisotopic (exact) mass is 568 g/mol. The molecule has 0 aromatic rings. The van der Waals surface area contributed by atoms with Gasteiger partial charge >= 0.3 is 5.97 Å². The fraction of sp³-hybridized carbons (Fsp3) is 0.964. The SMILES string of the molecule is CCCCCCCCOCCOCCOCCOCCOCCOCCOCCOCCOCCC(=O)OC. The molecule has 11 heteroatoms. The molecule has 0 spiro atoms. The van der Waals surface area contributed by atoms with Gasteiger partial charge < -0.3 is 47.4 Å². The van der Waals surface area contributed by atoms with Crippen molar-refractivity contribution in [2.24, 2.45) is 0 Å². The Morgan fingerprint density at radius 2 is 0.667 bits per heavy atom. The molecular weight excluding hydrogens is 512 g/mol. The van der Waals surface area contributed by atoms with Crippen LogP contribution in [0.4, 0.5) is 0 Å². The third-order valence-corrected chi connectivity index (χ3v) is 5.30. The molecule has 0 atom stereocenters. The summed E-state index contributed by atoms with van der Waals surface area (Å²) in [7, 11) is 1.36. The minimum Gasteiger partial charge on any atom is -0.469 e. The number of rotatable bonds is 34. The lowest BCUT2D eigenvalue weighted by Crippen LogP contribution is -2.15. The first kappa shape index (κ1) is 38.1. The minimum atomic E-state index is -0.280. The highest BCUT2D eigenvalue weighted by Crippen LogP contribution is 2.04. The molecule has 0 unspecified atom stereocenters. The predicted octanol–water partition coefficient (Wildman–Crippen LogP) is 3.06. The van der Waals surface area contributed by atoms with E-state index in [1.807, 2.05) is 0 Å². The van der Waals surface area contributed by atoms with Gasteiger partial charge in [0, 0.05) is 6.61 Å². The quantitative estimate of drug-likeness (QED) is 0.0844. The molecule has 0 saturated carbocycles. The van der Waals surface area contributed by atoms with Gasteiger partial charge in [-0.05, 0) is 6.42 Å². The molecule has 0 saturated heterocycles. The molecule has 0 aliphatic rings. The highest BCUT2D eigenvalue weighted by atomic mass is 16.6. The summed E-state index contributed by atoms with van der Waals surface area (Å²) in [6.45, 7) is 11.8. The number of ether oxygens (including phenoxy) is 10. The molecule has 0 N–H and O–H groups in total. The van der Waals surface area contributed by atoms with Crippen LogP contribution in [0.25, 0.3) is 0 Å². The third-order valence-electron chi connectivity index (χ3n) is 5.30. The molecule has 0 aromatic carbocycles. The molecule has 39 heavy (non-hydrogen) atoms. The van der Waals surface area contributed by atoms with E-state index in [1.165, 1.54) is 39.2 Å². The van der Waals surface area contributed by atoms with Crippen molar-refractivity contribution in [2.45, 2.75) is 51.9 Å². The highest BCUT2D eigenvalue weighted by molar-refractivity contribution is 5.69. The summed E-state index contributed by atoms with van der Waals surface area (Å²) in [4.78, 5) is 10.9. The summed E-state index contributed by atoms with van der Waals surface area (Å²) in [5, 5.41) is 0. The second-order valence-corrected chi connectivity index (χ2v) is 8.61. The lowest BCUT2D eigenvalue weighted by atomic mass is 10.1. The third kappa shape index (κ3) is 35.1. The fourth-order valence-corrected chi connectivity index (χ4v) is 3.10. The first-order valence-corrected chi connectivity index (χ1v) is 14.6. The summed E-state index contributed by atoms with van der Waals surface area (Å²) in [6.07, 6.45) is 7.93. The molecule has 0 bridgehead atoms. The zero-order chi connectivity index (χ0) is 28.3. The second-order valence-electron chi connectivity index (χ2n) is 8.61. The van der Waals surface area contributed by atoms with E-state index in [2.05, 4.69) is 11.7 Å². The van der Waals surface area contributed by atoms with Crippen molar-refractivity contribution in [3.8, 4) is 0 Å². The molecule has 0 radical (unpaired) electrons. The zero-order valence-electron chi connectivity index (χ0n) is 24.7. The molecule has 0 aromatic heterocycles. The topological polar surface area (TPSA) is 109 Å². The van der Waals surface area contributed by atoms with Crippen LogP contribution in [0, 0.1) is 0 Å². The molecule has 11 nitrogen and oxygen atoms in total. The van der Waals surface area contributed by atoms with E-state index in [4.69, 9.17) is 42.6 Å². The van der Waals surface area contributed by atoms with Crippen LogP contribution in [-0.4, -0.2) is 132 Å².